The average molecular weight is 257 g/mol. The summed E-state index contributed by atoms with van der Waals surface area (Å²) in [5.74, 6) is 0.469. The highest BCUT2D eigenvalue weighted by atomic mass is 32.2. The van der Waals surface area contributed by atoms with Gasteiger partial charge in [-0.1, -0.05) is 0 Å². The molecule has 94 valence electrons. The Morgan fingerprint density at radius 2 is 2.06 bits per heavy atom. The molecule has 2 rings (SSSR count). The van der Waals surface area contributed by atoms with Crippen molar-refractivity contribution in [1.82, 2.24) is 9.97 Å². The summed E-state index contributed by atoms with van der Waals surface area (Å²) in [5, 5.41) is 9.53. The largest absolute Gasteiger partial charge is 0.391 e. The van der Waals surface area contributed by atoms with Crippen LogP contribution in [0.5, 0.6) is 0 Å². The van der Waals surface area contributed by atoms with E-state index in [-0.39, 0.29) is 11.0 Å². The lowest BCUT2D eigenvalue weighted by Gasteiger charge is -2.29. The predicted octanol–water partition coefficient (Wildman–Crippen LogP) is -0.159. The summed E-state index contributed by atoms with van der Waals surface area (Å²) in [7, 11) is -3.25. The minimum atomic E-state index is -3.25. The molecule has 1 atom stereocenters. The molecule has 1 fully saturated rings. The second-order valence-electron chi connectivity index (χ2n) is 4.23. The van der Waals surface area contributed by atoms with E-state index in [2.05, 4.69) is 9.97 Å². The summed E-state index contributed by atoms with van der Waals surface area (Å²) in [6, 6.07) is 0. The summed E-state index contributed by atoms with van der Waals surface area (Å²) in [5.41, 5.74) is 0. The van der Waals surface area contributed by atoms with Gasteiger partial charge in [0, 0.05) is 19.3 Å². The Labute approximate surface area is 100 Å². The first kappa shape index (κ1) is 12.3. The van der Waals surface area contributed by atoms with Crippen LogP contribution in [-0.4, -0.2) is 48.9 Å². The third-order valence-corrected chi connectivity index (χ3v) is 3.79. The lowest BCUT2D eigenvalue weighted by atomic mass is 10.1. The van der Waals surface area contributed by atoms with E-state index >= 15 is 0 Å². The standard InChI is InChI=1S/C10H15N3O3S/c1-17(15,16)9-5-11-10(12-6-9)13-4-2-3-8(14)7-13/h5-6,8,14H,2-4,7H2,1H3. The molecule has 0 aliphatic carbocycles. The Balaban J connectivity index is 2.18. The van der Waals surface area contributed by atoms with Crippen LogP contribution in [0, 0.1) is 0 Å². The lowest BCUT2D eigenvalue weighted by Crippen LogP contribution is -2.39. The van der Waals surface area contributed by atoms with E-state index in [0.29, 0.717) is 12.5 Å². The van der Waals surface area contributed by atoms with Crippen molar-refractivity contribution in [2.45, 2.75) is 23.8 Å². The third-order valence-electron chi connectivity index (χ3n) is 2.72. The van der Waals surface area contributed by atoms with Gasteiger partial charge in [0.1, 0.15) is 4.90 Å². The van der Waals surface area contributed by atoms with Crippen LogP contribution in [0.3, 0.4) is 0 Å². The first-order valence-electron chi connectivity index (χ1n) is 5.42. The number of piperidine rings is 1. The fourth-order valence-electron chi connectivity index (χ4n) is 1.80. The molecule has 1 aliphatic rings. The molecule has 1 unspecified atom stereocenters. The molecule has 1 saturated heterocycles. The van der Waals surface area contributed by atoms with Crippen LogP contribution in [0.1, 0.15) is 12.8 Å². The number of sulfone groups is 1. The van der Waals surface area contributed by atoms with Crippen LogP contribution in [0.2, 0.25) is 0 Å². The van der Waals surface area contributed by atoms with E-state index < -0.39 is 9.84 Å². The summed E-state index contributed by atoms with van der Waals surface area (Å²) < 4.78 is 22.5. The summed E-state index contributed by atoms with van der Waals surface area (Å²) in [6.45, 7) is 1.29. The molecule has 17 heavy (non-hydrogen) atoms. The van der Waals surface area contributed by atoms with Crippen LogP contribution in [0.4, 0.5) is 5.95 Å². The van der Waals surface area contributed by atoms with Crippen molar-refractivity contribution in [3.05, 3.63) is 12.4 Å². The number of aromatic nitrogens is 2. The highest BCUT2D eigenvalue weighted by Gasteiger charge is 2.20. The smallest absolute Gasteiger partial charge is 0.225 e. The Bertz CT molecular complexity index is 486. The Kier molecular flexibility index (Phi) is 3.30. The maximum absolute atomic E-state index is 11.2. The maximum atomic E-state index is 11.2. The Morgan fingerprint density at radius 1 is 1.41 bits per heavy atom. The molecule has 0 spiro atoms. The van der Waals surface area contributed by atoms with Crippen molar-refractivity contribution in [3.63, 3.8) is 0 Å². The number of rotatable bonds is 2. The molecule has 7 heteroatoms. The van der Waals surface area contributed by atoms with Crippen LogP contribution in [0.15, 0.2) is 17.3 Å². The molecule has 1 N–H and O–H groups in total. The Hall–Kier alpha value is -1.21. The number of anilines is 1. The zero-order valence-electron chi connectivity index (χ0n) is 9.57. The monoisotopic (exact) mass is 257 g/mol. The van der Waals surface area contributed by atoms with Gasteiger partial charge in [0.25, 0.3) is 0 Å². The number of aliphatic hydroxyl groups excluding tert-OH is 1. The molecular formula is C10H15N3O3S. The van der Waals surface area contributed by atoms with Gasteiger partial charge in [-0.05, 0) is 12.8 Å². The second-order valence-corrected chi connectivity index (χ2v) is 6.25. The fraction of sp³-hybridized carbons (Fsp3) is 0.600. The van der Waals surface area contributed by atoms with E-state index in [1.807, 2.05) is 4.90 Å². The van der Waals surface area contributed by atoms with Crippen molar-refractivity contribution in [2.24, 2.45) is 0 Å². The van der Waals surface area contributed by atoms with Crippen LogP contribution < -0.4 is 4.90 Å². The molecule has 6 nitrogen and oxygen atoms in total. The number of β-amino-alcohol motifs (C(OH)–C–C–N with tert-alkyl or cyclic N) is 1. The first-order valence-corrected chi connectivity index (χ1v) is 7.31. The number of hydrogen-bond donors (Lipinski definition) is 1. The van der Waals surface area contributed by atoms with Gasteiger partial charge in [-0.25, -0.2) is 18.4 Å². The highest BCUT2D eigenvalue weighted by molar-refractivity contribution is 7.90. The predicted molar refractivity (Wildman–Crippen MR) is 62.6 cm³/mol. The highest BCUT2D eigenvalue weighted by Crippen LogP contribution is 2.16. The van der Waals surface area contributed by atoms with Crippen molar-refractivity contribution < 1.29 is 13.5 Å². The molecular weight excluding hydrogens is 242 g/mol. The topological polar surface area (TPSA) is 83.4 Å². The molecule has 0 aromatic carbocycles. The van der Waals surface area contributed by atoms with Gasteiger partial charge in [-0.15, -0.1) is 0 Å². The van der Waals surface area contributed by atoms with Gasteiger partial charge < -0.3 is 10.0 Å². The van der Waals surface area contributed by atoms with Crippen molar-refractivity contribution in [1.29, 1.82) is 0 Å². The zero-order chi connectivity index (χ0) is 12.5. The quantitative estimate of drug-likeness (QED) is 0.792. The van der Waals surface area contributed by atoms with Crippen LogP contribution in [-0.2, 0) is 9.84 Å². The van der Waals surface area contributed by atoms with E-state index in [0.717, 1.165) is 25.6 Å². The molecule has 0 amide bonds. The zero-order valence-corrected chi connectivity index (χ0v) is 10.4. The minimum Gasteiger partial charge on any atom is -0.391 e. The van der Waals surface area contributed by atoms with Crippen molar-refractivity contribution in [2.75, 3.05) is 24.2 Å². The van der Waals surface area contributed by atoms with Crippen LogP contribution >= 0.6 is 0 Å². The van der Waals surface area contributed by atoms with Gasteiger partial charge in [0.2, 0.25) is 5.95 Å². The van der Waals surface area contributed by atoms with E-state index in [1.165, 1.54) is 12.4 Å². The van der Waals surface area contributed by atoms with Gasteiger partial charge in [0.15, 0.2) is 9.84 Å². The fourth-order valence-corrected chi connectivity index (χ4v) is 2.29. The van der Waals surface area contributed by atoms with Gasteiger partial charge >= 0.3 is 0 Å². The van der Waals surface area contributed by atoms with Gasteiger partial charge in [-0.3, -0.25) is 0 Å². The molecule has 2 heterocycles. The summed E-state index contributed by atoms with van der Waals surface area (Å²) in [6.07, 6.45) is 5.05. The second kappa shape index (κ2) is 4.58. The normalized spacial score (nSPS) is 21.5. The average Bonchev–Trinajstić information content (AvgIpc) is 2.28. The maximum Gasteiger partial charge on any atom is 0.225 e. The van der Waals surface area contributed by atoms with Crippen LogP contribution in [0.25, 0.3) is 0 Å². The summed E-state index contributed by atoms with van der Waals surface area (Å²) in [4.78, 5) is 10.0. The molecule has 1 aromatic rings. The molecule has 0 saturated carbocycles. The number of nitrogens with zero attached hydrogens (tertiary/aromatic N) is 3. The molecule has 1 aliphatic heterocycles. The van der Waals surface area contributed by atoms with Gasteiger partial charge in [0.05, 0.1) is 18.5 Å². The van der Waals surface area contributed by atoms with E-state index in [9.17, 15) is 13.5 Å². The Morgan fingerprint density at radius 3 is 2.59 bits per heavy atom. The molecule has 1 aromatic heterocycles. The molecule has 0 bridgehead atoms. The number of hydrogen-bond acceptors (Lipinski definition) is 6. The first-order chi connectivity index (χ1) is 7.97. The number of aliphatic hydroxyl groups is 1. The van der Waals surface area contributed by atoms with Crippen molar-refractivity contribution in [3.8, 4) is 0 Å². The van der Waals surface area contributed by atoms with E-state index in [4.69, 9.17) is 0 Å². The van der Waals surface area contributed by atoms with Crippen molar-refractivity contribution >= 4 is 15.8 Å². The summed E-state index contributed by atoms with van der Waals surface area (Å²) >= 11 is 0. The lowest BCUT2D eigenvalue weighted by molar-refractivity contribution is 0.153. The minimum absolute atomic E-state index is 0.110. The van der Waals surface area contributed by atoms with E-state index in [1.54, 1.807) is 0 Å². The third kappa shape index (κ3) is 2.92. The van der Waals surface area contributed by atoms with Gasteiger partial charge in [-0.2, -0.15) is 0 Å². The SMILES string of the molecule is CS(=O)(=O)c1cnc(N2CCCC(O)C2)nc1. The molecule has 0 radical (unpaired) electrons.